The molecule has 0 spiro atoms. The molecule has 5 N–H and O–H groups in total. The van der Waals surface area contributed by atoms with Gasteiger partial charge in [0.25, 0.3) is 0 Å². The third-order valence-electron chi connectivity index (χ3n) is 3.99. The maximum absolute atomic E-state index is 11.8. The molecular weight excluding hydrogens is 424 g/mol. The Morgan fingerprint density at radius 2 is 2.29 bits per heavy atom. The monoisotopic (exact) mass is 446 g/mol. The molecule has 0 bridgehead atoms. The zero-order valence-corrected chi connectivity index (χ0v) is 17.1. The summed E-state index contributed by atoms with van der Waals surface area (Å²) < 4.78 is 0.785. The van der Waals surface area contributed by atoms with E-state index in [0.29, 0.717) is 24.9 Å². The molecule has 1 aliphatic rings. The molecule has 2 heterocycles. The minimum absolute atomic E-state index is 0.0398. The topological polar surface area (TPSA) is 120 Å². The van der Waals surface area contributed by atoms with Crippen molar-refractivity contribution in [2.24, 2.45) is 0 Å². The number of hydrogen-bond donors (Lipinski definition) is 5. The molecule has 0 saturated carbocycles. The number of anilines is 2. The zero-order valence-electron chi connectivity index (χ0n) is 15.5. The van der Waals surface area contributed by atoms with Gasteiger partial charge in [-0.25, -0.2) is 9.97 Å². The lowest BCUT2D eigenvalue weighted by atomic mass is 10.1. The standard InChI is InChI=1S/C18H23BrN8O/c1-20-10-16(28)25-12-3-2-4-13(7-12)26-18-23-9-15(19)17(27-18)22-6-5-14-8-21-11-24-14/h2,4,7-9,11-12,20H,3,5-6,10H2,1H3,(H,21,24)(H,25,28)(H2,22,23,26,27). The smallest absolute Gasteiger partial charge is 0.234 e. The number of allylic oxidation sites excluding steroid dienone is 1. The number of carbonyl (C=O) groups is 1. The largest absolute Gasteiger partial charge is 0.369 e. The van der Waals surface area contributed by atoms with Gasteiger partial charge in [-0.15, -0.1) is 0 Å². The number of amides is 1. The van der Waals surface area contributed by atoms with Crippen LogP contribution in [0.25, 0.3) is 0 Å². The lowest BCUT2D eigenvalue weighted by Gasteiger charge is -2.19. The number of aromatic amines is 1. The molecule has 1 atom stereocenters. The first-order chi connectivity index (χ1) is 13.6. The van der Waals surface area contributed by atoms with Crippen LogP contribution in [0, 0.1) is 0 Å². The number of imidazole rings is 1. The molecule has 0 aromatic carbocycles. The highest BCUT2D eigenvalue weighted by molar-refractivity contribution is 9.10. The highest BCUT2D eigenvalue weighted by atomic mass is 79.9. The van der Waals surface area contributed by atoms with Crippen molar-refractivity contribution in [3.63, 3.8) is 0 Å². The van der Waals surface area contributed by atoms with Crippen molar-refractivity contribution < 1.29 is 4.79 Å². The van der Waals surface area contributed by atoms with E-state index in [2.05, 4.69) is 57.1 Å². The fourth-order valence-electron chi connectivity index (χ4n) is 2.70. The molecule has 1 amide bonds. The molecule has 0 saturated heterocycles. The average Bonchev–Trinajstić information content (AvgIpc) is 3.18. The van der Waals surface area contributed by atoms with E-state index in [9.17, 15) is 4.79 Å². The van der Waals surface area contributed by atoms with E-state index < -0.39 is 0 Å². The molecule has 148 valence electrons. The first-order valence-electron chi connectivity index (χ1n) is 8.97. The third kappa shape index (κ3) is 5.89. The Hall–Kier alpha value is -2.72. The summed E-state index contributed by atoms with van der Waals surface area (Å²) in [4.78, 5) is 27.7. The molecule has 1 unspecified atom stereocenters. The molecule has 9 nitrogen and oxygen atoms in total. The van der Waals surface area contributed by atoms with Crippen LogP contribution < -0.4 is 21.3 Å². The fourth-order valence-corrected chi connectivity index (χ4v) is 3.03. The van der Waals surface area contributed by atoms with Crippen LogP contribution in [0.4, 0.5) is 11.8 Å². The molecule has 2 aromatic heterocycles. The Kier molecular flexibility index (Phi) is 7.15. The van der Waals surface area contributed by atoms with Gasteiger partial charge in [-0.05, 0) is 41.6 Å². The van der Waals surface area contributed by atoms with E-state index in [1.807, 2.05) is 18.2 Å². The van der Waals surface area contributed by atoms with E-state index in [-0.39, 0.29) is 11.9 Å². The predicted octanol–water partition coefficient (Wildman–Crippen LogP) is 1.58. The van der Waals surface area contributed by atoms with Crippen molar-refractivity contribution >= 4 is 33.6 Å². The second-order valence-corrected chi connectivity index (χ2v) is 7.09. The van der Waals surface area contributed by atoms with E-state index in [0.717, 1.165) is 28.7 Å². The van der Waals surface area contributed by atoms with E-state index in [1.54, 1.807) is 25.8 Å². The summed E-state index contributed by atoms with van der Waals surface area (Å²) in [5.41, 5.74) is 1.90. The van der Waals surface area contributed by atoms with Gasteiger partial charge in [0, 0.05) is 36.8 Å². The minimum atomic E-state index is -0.0594. The van der Waals surface area contributed by atoms with Gasteiger partial charge in [0.15, 0.2) is 0 Å². The molecule has 10 heteroatoms. The number of hydrogen-bond acceptors (Lipinski definition) is 7. The van der Waals surface area contributed by atoms with Crippen LogP contribution in [-0.2, 0) is 11.2 Å². The highest BCUT2D eigenvalue weighted by Crippen LogP contribution is 2.21. The zero-order chi connectivity index (χ0) is 19.8. The van der Waals surface area contributed by atoms with Gasteiger partial charge in [0.05, 0.1) is 23.4 Å². The molecule has 3 rings (SSSR count). The Morgan fingerprint density at radius 1 is 1.39 bits per heavy atom. The van der Waals surface area contributed by atoms with E-state index >= 15 is 0 Å². The van der Waals surface area contributed by atoms with Crippen LogP contribution in [-0.4, -0.2) is 52.0 Å². The molecule has 2 aromatic rings. The van der Waals surface area contributed by atoms with Crippen molar-refractivity contribution in [1.29, 1.82) is 0 Å². The van der Waals surface area contributed by atoms with Gasteiger partial charge in [-0.1, -0.05) is 6.08 Å². The fraction of sp³-hybridized carbons (Fsp3) is 0.333. The maximum atomic E-state index is 11.8. The van der Waals surface area contributed by atoms with Crippen LogP contribution in [0.5, 0.6) is 0 Å². The summed E-state index contributed by atoms with van der Waals surface area (Å²) in [7, 11) is 1.74. The molecule has 28 heavy (non-hydrogen) atoms. The first-order valence-corrected chi connectivity index (χ1v) is 9.76. The number of aromatic nitrogens is 4. The lowest BCUT2D eigenvalue weighted by Crippen LogP contribution is -2.39. The van der Waals surface area contributed by atoms with Crippen molar-refractivity contribution in [3.05, 3.63) is 52.8 Å². The number of halogens is 1. The third-order valence-corrected chi connectivity index (χ3v) is 4.57. The molecular formula is C18H23BrN8O. The number of H-pyrrole nitrogens is 1. The minimum Gasteiger partial charge on any atom is -0.369 e. The molecule has 0 aliphatic heterocycles. The van der Waals surface area contributed by atoms with Gasteiger partial charge < -0.3 is 26.3 Å². The van der Waals surface area contributed by atoms with Gasteiger partial charge in [0.1, 0.15) is 5.82 Å². The normalized spacial score (nSPS) is 15.8. The Labute approximate surface area is 171 Å². The van der Waals surface area contributed by atoms with Crippen molar-refractivity contribution in [2.45, 2.75) is 18.9 Å². The number of rotatable bonds is 9. The SMILES string of the molecule is CNCC(=O)NC1C=C(Nc2ncc(Br)c(NCCc3cnc[nH]3)n2)C=CC1. The number of nitrogens with zero attached hydrogens (tertiary/aromatic N) is 3. The summed E-state index contributed by atoms with van der Waals surface area (Å²) in [5, 5.41) is 12.3. The summed E-state index contributed by atoms with van der Waals surface area (Å²) in [6.07, 6.45) is 12.7. The van der Waals surface area contributed by atoms with Gasteiger partial charge in [-0.3, -0.25) is 4.79 Å². The van der Waals surface area contributed by atoms with Crippen LogP contribution >= 0.6 is 15.9 Å². The first kappa shape index (κ1) is 20.0. The highest BCUT2D eigenvalue weighted by Gasteiger charge is 2.13. The van der Waals surface area contributed by atoms with Crippen LogP contribution in [0.1, 0.15) is 12.1 Å². The maximum Gasteiger partial charge on any atom is 0.234 e. The quantitative estimate of drug-likeness (QED) is 0.396. The number of carbonyl (C=O) groups excluding carboxylic acids is 1. The Bertz CT molecular complexity index is 849. The summed E-state index contributed by atoms with van der Waals surface area (Å²) in [5.74, 6) is 1.14. The second kappa shape index (κ2) is 10.00. The van der Waals surface area contributed by atoms with Crippen molar-refractivity contribution in [3.8, 4) is 0 Å². The van der Waals surface area contributed by atoms with Gasteiger partial charge >= 0.3 is 0 Å². The van der Waals surface area contributed by atoms with Crippen LogP contribution in [0.15, 0.2) is 47.1 Å². The average molecular weight is 447 g/mol. The Morgan fingerprint density at radius 3 is 3.07 bits per heavy atom. The summed E-state index contributed by atoms with van der Waals surface area (Å²) in [6.45, 7) is 1.000. The summed E-state index contributed by atoms with van der Waals surface area (Å²) in [6, 6.07) is -0.0594. The predicted molar refractivity (Wildman–Crippen MR) is 112 cm³/mol. The second-order valence-electron chi connectivity index (χ2n) is 6.23. The van der Waals surface area contributed by atoms with E-state index in [4.69, 9.17) is 0 Å². The van der Waals surface area contributed by atoms with E-state index in [1.165, 1.54) is 0 Å². The molecule has 0 fully saturated rings. The van der Waals surface area contributed by atoms with Crippen molar-refractivity contribution in [2.75, 3.05) is 30.8 Å². The van der Waals surface area contributed by atoms with Crippen LogP contribution in [0.2, 0.25) is 0 Å². The van der Waals surface area contributed by atoms with Crippen LogP contribution in [0.3, 0.4) is 0 Å². The number of nitrogens with one attached hydrogen (secondary N) is 5. The van der Waals surface area contributed by atoms with Gasteiger partial charge in [0.2, 0.25) is 11.9 Å². The van der Waals surface area contributed by atoms with Gasteiger partial charge in [-0.2, -0.15) is 4.98 Å². The molecule has 0 radical (unpaired) electrons. The lowest BCUT2D eigenvalue weighted by molar-refractivity contribution is -0.120. The van der Waals surface area contributed by atoms with Crippen molar-refractivity contribution in [1.82, 2.24) is 30.6 Å². The number of likely N-dealkylation sites (N-methyl/N-ethyl adjacent to an activating group) is 1. The summed E-state index contributed by atoms with van der Waals surface area (Å²) >= 11 is 3.47. The Balaban J connectivity index is 1.59. The molecule has 1 aliphatic carbocycles.